The Morgan fingerprint density at radius 2 is 2.40 bits per heavy atom. The van der Waals surface area contributed by atoms with Gasteiger partial charge in [0.05, 0.1) is 6.10 Å². The lowest BCUT2D eigenvalue weighted by molar-refractivity contribution is -0.127. The summed E-state index contributed by atoms with van der Waals surface area (Å²) in [5.74, 6) is 0.632. The van der Waals surface area contributed by atoms with Crippen LogP contribution in [0.2, 0.25) is 0 Å². The fraction of sp³-hybridized carbons (Fsp3) is 0.909. The standard InChI is InChI=1S/C11H22N2O2/c1-9(2)3-6-13-11(14)8-15-10-4-5-12-7-10/h9-10,12H,3-8H2,1-2H3,(H,13,14). The third-order valence-corrected chi connectivity index (χ3v) is 2.51. The molecule has 0 aromatic heterocycles. The molecule has 15 heavy (non-hydrogen) atoms. The van der Waals surface area contributed by atoms with Crippen LogP contribution >= 0.6 is 0 Å². The fourth-order valence-corrected chi connectivity index (χ4v) is 1.52. The maximum absolute atomic E-state index is 11.3. The third-order valence-electron chi connectivity index (χ3n) is 2.51. The molecule has 1 atom stereocenters. The van der Waals surface area contributed by atoms with Crippen LogP contribution in [0.1, 0.15) is 26.7 Å². The first-order valence-electron chi connectivity index (χ1n) is 5.77. The molecule has 1 aliphatic heterocycles. The van der Waals surface area contributed by atoms with Gasteiger partial charge in [0.25, 0.3) is 0 Å². The SMILES string of the molecule is CC(C)CCNC(=O)COC1CCNC1. The number of carbonyl (C=O) groups is 1. The van der Waals surface area contributed by atoms with Gasteiger partial charge in [-0.3, -0.25) is 4.79 Å². The molecule has 88 valence electrons. The lowest BCUT2D eigenvalue weighted by atomic mass is 10.1. The van der Waals surface area contributed by atoms with Crippen molar-refractivity contribution in [3.05, 3.63) is 0 Å². The normalized spacial score (nSPS) is 20.9. The van der Waals surface area contributed by atoms with E-state index in [0.29, 0.717) is 5.92 Å². The second-order valence-corrected chi connectivity index (χ2v) is 4.46. The van der Waals surface area contributed by atoms with E-state index in [9.17, 15) is 4.79 Å². The van der Waals surface area contributed by atoms with Crippen molar-refractivity contribution >= 4 is 5.91 Å². The van der Waals surface area contributed by atoms with Gasteiger partial charge in [0.2, 0.25) is 5.91 Å². The molecular formula is C11H22N2O2. The number of hydrogen-bond donors (Lipinski definition) is 2. The summed E-state index contributed by atoms with van der Waals surface area (Å²) in [5, 5.41) is 6.05. The first-order valence-corrected chi connectivity index (χ1v) is 5.77. The Bertz CT molecular complexity index is 189. The van der Waals surface area contributed by atoms with Crippen LogP contribution in [0.3, 0.4) is 0 Å². The lowest BCUT2D eigenvalue weighted by Gasteiger charge is -2.11. The highest BCUT2D eigenvalue weighted by atomic mass is 16.5. The van der Waals surface area contributed by atoms with Gasteiger partial charge in [0, 0.05) is 13.1 Å². The van der Waals surface area contributed by atoms with Gasteiger partial charge in [-0.05, 0) is 25.3 Å². The average molecular weight is 214 g/mol. The van der Waals surface area contributed by atoms with Crippen molar-refractivity contribution in [1.29, 1.82) is 0 Å². The van der Waals surface area contributed by atoms with Crippen molar-refractivity contribution < 1.29 is 9.53 Å². The quantitative estimate of drug-likeness (QED) is 0.678. The summed E-state index contributed by atoms with van der Waals surface area (Å²) in [7, 11) is 0. The number of nitrogens with one attached hydrogen (secondary N) is 2. The van der Waals surface area contributed by atoms with Crippen LogP contribution in [-0.2, 0) is 9.53 Å². The summed E-state index contributed by atoms with van der Waals surface area (Å²) >= 11 is 0. The number of hydrogen-bond acceptors (Lipinski definition) is 3. The van der Waals surface area contributed by atoms with E-state index in [0.717, 1.165) is 32.5 Å². The van der Waals surface area contributed by atoms with Crippen LogP contribution in [0.4, 0.5) is 0 Å². The van der Waals surface area contributed by atoms with Gasteiger partial charge in [-0.25, -0.2) is 0 Å². The van der Waals surface area contributed by atoms with Crippen molar-refractivity contribution in [3.8, 4) is 0 Å². The number of rotatable bonds is 6. The summed E-state index contributed by atoms with van der Waals surface area (Å²) in [4.78, 5) is 11.3. The van der Waals surface area contributed by atoms with Crippen LogP contribution in [0.15, 0.2) is 0 Å². The topological polar surface area (TPSA) is 50.4 Å². The first kappa shape index (κ1) is 12.5. The summed E-state index contributed by atoms with van der Waals surface area (Å²) in [6, 6.07) is 0. The molecule has 1 aliphatic rings. The largest absolute Gasteiger partial charge is 0.367 e. The van der Waals surface area contributed by atoms with Crippen molar-refractivity contribution in [1.82, 2.24) is 10.6 Å². The summed E-state index contributed by atoms with van der Waals surface area (Å²) in [6.07, 6.45) is 2.26. The van der Waals surface area contributed by atoms with Gasteiger partial charge in [0.15, 0.2) is 0 Å². The highest BCUT2D eigenvalue weighted by Gasteiger charge is 2.15. The molecule has 0 spiro atoms. The highest BCUT2D eigenvalue weighted by Crippen LogP contribution is 2.02. The maximum Gasteiger partial charge on any atom is 0.246 e. The molecule has 1 saturated heterocycles. The van der Waals surface area contributed by atoms with Gasteiger partial charge in [-0.2, -0.15) is 0 Å². The van der Waals surface area contributed by atoms with Gasteiger partial charge in [-0.1, -0.05) is 13.8 Å². The van der Waals surface area contributed by atoms with Crippen LogP contribution in [0.25, 0.3) is 0 Å². The smallest absolute Gasteiger partial charge is 0.246 e. The second kappa shape index (κ2) is 6.80. The Hall–Kier alpha value is -0.610. The monoisotopic (exact) mass is 214 g/mol. The summed E-state index contributed by atoms with van der Waals surface area (Å²) < 4.78 is 5.45. The molecule has 0 aromatic rings. The minimum Gasteiger partial charge on any atom is -0.367 e. The number of ether oxygens (including phenoxy) is 1. The van der Waals surface area contributed by atoms with E-state index in [1.807, 2.05) is 0 Å². The zero-order valence-corrected chi connectivity index (χ0v) is 9.71. The van der Waals surface area contributed by atoms with Gasteiger partial charge in [0.1, 0.15) is 6.61 Å². The molecule has 4 heteroatoms. The molecule has 1 rings (SSSR count). The Kier molecular flexibility index (Phi) is 5.65. The minimum absolute atomic E-state index is 0.00236. The summed E-state index contributed by atoms with van der Waals surface area (Å²) in [5.41, 5.74) is 0. The van der Waals surface area contributed by atoms with Gasteiger partial charge >= 0.3 is 0 Å². The average Bonchev–Trinajstić information content (AvgIpc) is 2.66. The first-order chi connectivity index (χ1) is 7.18. The van der Waals surface area contributed by atoms with E-state index in [-0.39, 0.29) is 18.6 Å². The maximum atomic E-state index is 11.3. The van der Waals surface area contributed by atoms with Gasteiger partial charge < -0.3 is 15.4 Å². The molecule has 4 nitrogen and oxygen atoms in total. The molecule has 0 aromatic carbocycles. The summed E-state index contributed by atoms with van der Waals surface area (Å²) in [6.45, 7) is 7.12. The van der Waals surface area contributed by atoms with E-state index >= 15 is 0 Å². The Balaban J connectivity index is 1.98. The van der Waals surface area contributed by atoms with Crippen LogP contribution in [-0.4, -0.2) is 38.3 Å². The van der Waals surface area contributed by atoms with Crippen LogP contribution < -0.4 is 10.6 Å². The molecule has 0 bridgehead atoms. The Labute approximate surface area is 91.8 Å². The molecule has 1 fully saturated rings. The predicted octanol–water partition coefficient (Wildman–Crippen LogP) is 0.527. The molecule has 1 amide bonds. The van der Waals surface area contributed by atoms with E-state index in [1.165, 1.54) is 0 Å². The lowest BCUT2D eigenvalue weighted by Crippen LogP contribution is -2.31. The van der Waals surface area contributed by atoms with Crippen molar-refractivity contribution in [2.75, 3.05) is 26.2 Å². The third kappa shape index (κ3) is 5.74. The Morgan fingerprint density at radius 3 is 3.00 bits per heavy atom. The zero-order valence-electron chi connectivity index (χ0n) is 9.71. The molecule has 0 saturated carbocycles. The fourth-order valence-electron chi connectivity index (χ4n) is 1.52. The predicted molar refractivity (Wildman–Crippen MR) is 59.7 cm³/mol. The van der Waals surface area contributed by atoms with Crippen LogP contribution in [0.5, 0.6) is 0 Å². The molecule has 0 aliphatic carbocycles. The Morgan fingerprint density at radius 1 is 1.60 bits per heavy atom. The zero-order chi connectivity index (χ0) is 11.1. The molecular weight excluding hydrogens is 192 g/mol. The van der Waals surface area contributed by atoms with Gasteiger partial charge in [-0.15, -0.1) is 0 Å². The van der Waals surface area contributed by atoms with E-state index in [1.54, 1.807) is 0 Å². The molecule has 1 unspecified atom stereocenters. The van der Waals surface area contributed by atoms with E-state index in [2.05, 4.69) is 24.5 Å². The highest BCUT2D eigenvalue weighted by molar-refractivity contribution is 5.77. The molecule has 2 N–H and O–H groups in total. The molecule has 0 radical (unpaired) electrons. The molecule has 1 heterocycles. The second-order valence-electron chi connectivity index (χ2n) is 4.46. The van der Waals surface area contributed by atoms with Crippen molar-refractivity contribution in [2.24, 2.45) is 5.92 Å². The van der Waals surface area contributed by atoms with E-state index < -0.39 is 0 Å². The van der Waals surface area contributed by atoms with Crippen LogP contribution in [0, 0.1) is 5.92 Å². The van der Waals surface area contributed by atoms with Crippen molar-refractivity contribution in [3.63, 3.8) is 0 Å². The van der Waals surface area contributed by atoms with Crippen molar-refractivity contribution in [2.45, 2.75) is 32.8 Å². The number of carbonyl (C=O) groups excluding carboxylic acids is 1. The van der Waals surface area contributed by atoms with E-state index in [4.69, 9.17) is 4.74 Å². The number of amides is 1. The minimum atomic E-state index is 0.00236.